The molecule has 0 bridgehead atoms. The van der Waals surface area contributed by atoms with Gasteiger partial charge in [0.05, 0.1) is 34.4 Å². The molecule has 1 fully saturated rings. The maximum absolute atomic E-state index is 12.4. The highest BCUT2D eigenvalue weighted by molar-refractivity contribution is 5.93. The van der Waals surface area contributed by atoms with Crippen LogP contribution in [0.25, 0.3) is 16.7 Å². The number of fused-ring (bicyclic) bond motifs is 1. The van der Waals surface area contributed by atoms with Crippen molar-refractivity contribution in [3.8, 4) is 17.5 Å². The molecule has 6 nitrogen and oxygen atoms in total. The average Bonchev–Trinajstić information content (AvgIpc) is 3.00. The van der Waals surface area contributed by atoms with Gasteiger partial charge in [-0.15, -0.1) is 13.2 Å². The highest BCUT2D eigenvalue weighted by Gasteiger charge is 2.31. The topological polar surface area (TPSA) is 67.0 Å². The first-order valence-electron chi connectivity index (χ1n) is 8.77. The molecule has 1 aliphatic rings. The van der Waals surface area contributed by atoms with Gasteiger partial charge in [-0.05, 0) is 36.8 Å². The Kier molecular flexibility index (Phi) is 4.34. The number of aromatic nitrogens is 3. The largest absolute Gasteiger partial charge is 0.573 e. The predicted octanol–water partition coefficient (Wildman–Crippen LogP) is 3.84. The van der Waals surface area contributed by atoms with Crippen molar-refractivity contribution in [1.82, 2.24) is 14.8 Å². The van der Waals surface area contributed by atoms with Crippen LogP contribution in [-0.2, 0) is 6.42 Å². The van der Waals surface area contributed by atoms with Gasteiger partial charge in [0, 0.05) is 19.3 Å². The van der Waals surface area contributed by atoms with Crippen LogP contribution in [0.2, 0.25) is 0 Å². The van der Waals surface area contributed by atoms with Crippen LogP contribution in [0.15, 0.2) is 36.5 Å². The van der Waals surface area contributed by atoms with Gasteiger partial charge in [0.1, 0.15) is 5.75 Å². The number of pyridine rings is 1. The van der Waals surface area contributed by atoms with Crippen molar-refractivity contribution in [3.05, 3.63) is 42.2 Å². The fourth-order valence-corrected chi connectivity index (χ4v) is 3.33. The van der Waals surface area contributed by atoms with E-state index in [9.17, 15) is 13.2 Å². The molecule has 1 saturated heterocycles. The molecule has 3 heterocycles. The summed E-state index contributed by atoms with van der Waals surface area (Å²) in [6.45, 7) is 3.30. The number of hydrogen-bond donors (Lipinski definition) is 0. The number of ether oxygens (including phenoxy) is 1. The first kappa shape index (κ1) is 18.1. The molecular weight excluding hydrogens is 371 g/mol. The number of nitriles is 1. The van der Waals surface area contributed by atoms with Gasteiger partial charge in [0.15, 0.2) is 5.65 Å². The van der Waals surface area contributed by atoms with E-state index < -0.39 is 6.36 Å². The van der Waals surface area contributed by atoms with Crippen molar-refractivity contribution in [2.24, 2.45) is 5.92 Å². The van der Waals surface area contributed by atoms with E-state index in [4.69, 9.17) is 5.26 Å². The molecule has 9 heteroatoms. The summed E-state index contributed by atoms with van der Waals surface area (Å²) in [5.74, 6) is -0.273. The van der Waals surface area contributed by atoms with E-state index >= 15 is 0 Å². The second-order valence-electron chi connectivity index (χ2n) is 6.51. The molecular formula is C19H16F3N5O. The molecule has 3 aromatic rings. The molecule has 0 spiro atoms. The van der Waals surface area contributed by atoms with Crippen molar-refractivity contribution >= 4 is 16.7 Å². The summed E-state index contributed by atoms with van der Waals surface area (Å²) in [6.07, 6.45) is -2.38. The molecule has 4 rings (SSSR count). The lowest BCUT2D eigenvalue weighted by Crippen LogP contribution is -2.46. The van der Waals surface area contributed by atoms with Gasteiger partial charge in [-0.2, -0.15) is 10.4 Å². The third-order valence-electron chi connectivity index (χ3n) is 4.67. The summed E-state index contributed by atoms with van der Waals surface area (Å²) in [5, 5.41) is 14.5. The summed E-state index contributed by atoms with van der Waals surface area (Å²) in [6, 6.07) is 9.68. The van der Waals surface area contributed by atoms with Crippen LogP contribution in [0, 0.1) is 17.2 Å². The molecule has 0 unspecified atom stereocenters. The number of alkyl halides is 3. The van der Waals surface area contributed by atoms with E-state index in [0.717, 1.165) is 16.8 Å². The van der Waals surface area contributed by atoms with Crippen molar-refractivity contribution < 1.29 is 17.9 Å². The number of aryl methyl sites for hydroxylation is 1. The monoisotopic (exact) mass is 387 g/mol. The molecule has 0 radical (unpaired) electrons. The molecule has 0 saturated carbocycles. The fourth-order valence-electron chi connectivity index (χ4n) is 3.33. The summed E-state index contributed by atoms with van der Waals surface area (Å²) in [5.41, 5.74) is 3.02. The zero-order valence-electron chi connectivity index (χ0n) is 14.9. The Morgan fingerprint density at radius 2 is 1.93 bits per heavy atom. The summed E-state index contributed by atoms with van der Waals surface area (Å²) in [7, 11) is 0. The van der Waals surface area contributed by atoms with E-state index in [1.807, 2.05) is 13.0 Å². The number of nitrogens with zero attached hydrogens (tertiary/aromatic N) is 5. The van der Waals surface area contributed by atoms with Gasteiger partial charge in [-0.1, -0.05) is 6.92 Å². The summed E-state index contributed by atoms with van der Waals surface area (Å²) in [4.78, 5) is 6.56. The van der Waals surface area contributed by atoms with Crippen LogP contribution in [0.5, 0.6) is 5.75 Å². The van der Waals surface area contributed by atoms with Gasteiger partial charge in [-0.25, -0.2) is 9.67 Å². The Labute approximate surface area is 158 Å². The lowest BCUT2D eigenvalue weighted by Gasteiger charge is -2.37. The Balaban J connectivity index is 1.74. The molecule has 0 N–H and O–H groups in total. The Hall–Kier alpha value is -3.28. The summed E-state index contributed by atoms with van der Waals surface area (Å²) >= 11 is 0. The third kappa shape index (κ3) is 3.22. The quantitative estimate of drug-likeness (QED) is 0.681. The maximum Gasteiger partial charge on any atom is 0.573 e. The predicted molar refractivity (Wildman–Crippen MR) is 96.2 cm³/mol. The lowest BCUT2D eigenvalue weighted by atomic mass is 10.00. The molecule has 0 atom stereocenters. The smallest absolute Gasteiger partial charge is 0.406 e. The Bertz CT molecular complexity index is 1050. The Morgan fingerprint density at radius 1 is 1.21 bits per heavy atom. The molecule has 2 aromatic heterocycles. The van der Waals surface area contributed by atoms with Gasteiger partial charge in [0.2, 0.25) is 0 Å². The number of benzene rings is 1. The molecule has 0 amide bonds. The van der Waals surface area contributed by atoms with Crippen LogP contribution < -0.4 is 9.64 Å². The van der Waals surface area contributed by atoms with E-state index in [1.54, 1.807) is 10.9 Å². The Morgan fingerprint density at radius 3 is 2.54 bits per heavy atom. The van der Waals surface area contributed by atoms with Crippen LogP contribution in [0.4, 0.5) is 18.9 Å². The van der Waals surface area contributed by atoms with E-state index in [2.05, 4.69) is 25.8 Å². The second-order valence-corrected chi connectivity index (χ2v) is 6.51. The van der Waals surface area contributed by atoms with Crippen molar-refractivity contribution in [1.29, 1.82) is 5.26 Å². The van der Waals surface area contributed by atoms with Crippen molar-refractivity contribution in [2.75, 3.05) is 18.0 Å². The standard InChI is InChI=1S/C19H16F3N5O/c1-2-15-17-16(26-10-12(9-23)11-26)7-8-24-18(17)27(25-15)13-3-5-14(6-4-13)28-19(20,21)22/h3-8,12H,2,10-11H2,1H3. The van der Waals surface area contributed by atoms with Gasteiger partial charge in [0.25, 0.3) is 0 Å². The van der Waals surface area contributed by atoms with Crippen molar-refractivity contribution in [3.63, 3.8) is 0 Å². The first-order valence-corrected chi connectivity index (χ1v) is 8.77. The minimum Gasteiger partial charge on any atom is -0.406 e. The third-order valence-corrected chi connectivity index (χ3v) is 4.67. The highest BCUT2D eigenvalue weighted by atomic mass is 19.4. The van der Waals surface area contributed by atoms with E-state index in [-0.39, 0.29) is 11.7 Å². The minimum absolute atomic E-state index is 0.0181. The molecule has 144 valence electrons. The van der Waals surface area contributed by atoms with E-state index in [0.29, 0.717) is 30.8 Å². The fraction of sp³-hybridized carbons (Fsp3) is 0.316. The second kappa shape index (κ2) is 6.71. The van der Waals surface area contributed by atoms with Crippen LogP contribution in [-0.4, -0.2) is 34.2 Å². The van der Waals surface area contributed by atoms with Crippen molar-refractivity contribution in [2.45, 2.75) is 19.7 Å². The van der Waals surface area contributed by atoms with Gasteiger partial charge < -0.3 is 9.64 Å². The normalized spacial score (nSPS) is 14.8. The first-order chi connectivity index (χ1) is 13.4. The number of halogens is 3. The van der Waals surface area contributed by atoms with Crippen LogP contribution in [0.1, 0.15) is 12.6 Å². The van der Waals surface area contributed by atoms with Crippen LogP contribution in [0.3, 0.4) is 0 Å². The minimum atomic E-state index is -4.73. The molecule has 1 aliphatic heterocycles. The maximum atomic E-state index is 12.4. The number of hydrogen-bond acceptors (Lipinski definition) is 5. The van der Waals surface area contributed by atoms with E-state index in [1.165, 1.54) is 24.3 Å². The number of rotatable bonds is 4. The van der Waals surface area contributed by atoms with Gasteiger partial charge in [-0.3, -0.25) is 0 Å². The lowest BCUT2D eigenvalue weighted by molar-refractivity contribution is -0.274. The highest BCUT2D eigenvalue weighted by Crippen LogP contribution is 2.34. The molecule has 0 aliphatic carbocycles. The number of anilines is 1. The average molecular weight is 387 g/mol. The van der Waals surface area contributed by atoms with Gasteiger partial charge >= 0.3 is 6.36 Å². The molecule has 1 aromatic carbocycles. The SMILES string of the molecule is CCc1nn(-c2ccc(OC(F)(F)F)cc2)c2nccc(N3CC(C#N)C3)c12. The zero-order chi connectivity index (χ0) is 19.9. The zero-order valence-corrected chi connectivity index (χ0v) is 14.9. The van der Waals surface area contributed by atoms with Crippen LogP contribution >= 0.6 is 0 Å². The molecule has 28 heavy (non-hydrogen) atoms. The summed E-state index contributed by atoms with van der Waals surface area (Å²) < 4.78 is 42.6.